The van der Waals surface area contributed by atoms with Crippen LogP contribution in [-0.2, 0) is 6.42 Å². The molecule has 0 spiro atoms. The number of amidine groups is 1. The number of rotatable bonds is 7. The van der Waals surface area contributed by atoms with Gasteiger partial charge >= 0.3 is 0 Å². The van der Waals surface area contributed by atoms with Crippen LogP contribution in [0, 0.1) is 0 Å². The minimum atomic E-state index is 0.307. The molecule has 0 saturated carbocycles. The zero-order valence-electron chi connectivity index (χ0n) is 10.3. The van der Waals surface area contributed by atoms with Crippen LogP contribution in [0.1, 0.15) is 18.4 Å². The highest BCUT2D eigenvalue weighted by Gasteiger charge is 2.00. The fraction of sp³-hybridized carbons (Fsp3) is 0.462. The van der Waals surface area contributed by atoms with Crippen molar-refractivity contribution in [1.82, 2.24) is 4.90 Å². The standard InChI is InChI=1S/C13H21N3O/c1-16(10-5-8-13(14)15-17)11-9-12-6-3-2-4-7-12/h2-4,6-7,17H,5,8-11H2,1H3,(H2,14,15). The SMILES string of the molecule is CN(CCCC(N)=NO)CCc1ccccc1. The summed E-state index contributed by atoms with van der Waals surface area (Å²) < 4.78 is 0. The van der Waals surface area contributed by atoms with Gasteiger partial charge in [0.05, 0.1) is 0 Å². The lowest BCUT2D eigenvalue weighted by Crippen LogP contribution is -2.24. The van der Waals surface area contributed by atoms with Crippen molar-refractivity contribution in [3.05, 3.63) is 35.9 Å². The van der Waals surface area contributed by atoms with Gasteiger partial charge in [-0.15, -0.1) is 0 Å². The minimum Gasteiger partial charge on any atom is -0.409 e. The van der Waals surface area contributed by atoms with Gasteiger partial charge in [-0.05, 0) is 32.0 Å². The third-order valence-electron chi connectivity index (χ3n) is 2.73. The molecule has 1 aromatic carbocycles. The Balaban J connectivity index is 2.15. The smallest absolute Gasteiger partial charge is 0.139 e. The van der Waals surface area contributed by atoms with Crippen molar-refractivity contribution in [1.29, 1.82) is 0 Å². The molecule has 0 fully saturated rings. The summed E-state index contributed by atoms with van der Waals surface area (Å²) in [5.74, 6) is 0.307. The molecule has 1 aromatic rings. The molecule has 94 valence electrons. The molecule has 0 aromatic heterocycles. The molecule has 17 heavy (non-hydrogen) atoms. The normalized spacial score (nSPS) is 12.0. The fourth-order valence-electron chi connectivity index (χ4n) is 1.66. The third-order valence-corrected chi connectivity index (χ3v) is 2.73. The number of benzene rings is 1. The summed E-state index contributed by atoms with van der Waals surface area (Å²) in [5.41, 5.74) is 6.76. The molecule has 0 aliphatic heterocycles. The van der Waals surface area contributed by atoms with E-state index in [0.29, 0.717) is 12.3 Å². The molecule has 0 bridgehead atoms. The molecule has 0 atom stereocenters. The van der Waals surface area contributed by atoms with Gasteiger partial charge in [-0.3, -0.25) is 0 Å². The van der Waals surface area contributed by atoms with Crippen LogP contribution in [0.3, 0.4) is 0 Å². The largest absolute Gasteiger partial charge is 0.409 e. The van der Waals surface area contributed by atoms with E-state index in [2.05, 4.69) is 41.4 Å². The van der Waals surface area contributed by atoms with Crippen molar-refractivity contribution in [3.63, 3.8) is 0 Å². The van der Waals surface area contributed by atoms with E-state index in [0.717, 1.165) is 25.9 Å². The van der Waals surface area contributed by atoms with Crippen LogP contribution in [0.5, 0.6) is 0 Å². The van der Waals surface area contributed by atoms with E-state index in [1.54, 1.807) is 0 Å². The third kappa shape index (κ3) is 5.92. The zero-order valence-corrected chi connectivity index (χ0v) is 10.3. The summed E-state index contributed by atoms with van der Waals surface area (Å²) >= 11 is 0. The maximum absolute atomic E-state index is 8.40. The van der Waals surface area contributed by atoms with E-state index in [-0.39, 0.29) is 0 Å². The van der Waals surface area contributed by atoms with Gasteiger partial charge in [0, 0.05) is 13.0 Å². The molecule has 0 aliphatic rings. The maximum atomic E-state index is 8.40. The number of hydrogen-bond donors (Lipinski definition) is 2. The Labute approximate surface area is 103 Å². The fourth-order valence-corrected chi connectivity index (χ4v) is 1.66. The first kappa shape index (κ1) is 13.5. The molecule has 3 N–H and O–H groups in total. The Morgan fingerprint density at radius 1 is 1.29 bits per heavy atom. The summed E-state index contributed by atoms with van der Waals surface area (Å²) in [6.07, 6.45) is 2.62. The molecule has 4 nitrogen and oxygen atoms in total. The first-order valence-corrected chi connectivity index (χ1v) is 5.91. The first-order chi connectivity index (χ1) is 8.22. The molecule has 0 saturated heterocycles. The van der Waals surface area contributed by atoms with Gasteiger partial charge in [-0.1, -0.05) is 35.5 Å². The van der Waals surface area contributed by atoms with Crippen molar-refractivity contribution in [3.8, 4) is 0 Å². The van der Waals surface area contributed by atoms with Crippen LogP contribution in [0.15, 0.2) is 35.5 Å². The molecule has 0 amide bonds. The average molecular weight is 235 g/mol. The predicted octanol–water partition coefficient (Wildman–Crippen LogP) is 1.69. The van der Waals surface area contributed by atoms with Crippen molar-refractivity contribution in [2.45, 2.75) is 19.3 Å². The molecule has 1 rings (SSSR count). The van der Waals surface area contributed by atoms with Gasteiger partial charge in [-0.25, -0.2) is 0 Å². The highest BCUT2D eigenvalue weighted by molar-refractivity contribution is 5.79. The average Bonchev–Trinajstić information content (AvgIpc) is 2.37. The van der Waals surface area contributed by atoms with E-state index >= 15 is 0 Å². The molecule has 0 heterocycles. The van der Waals surface area contributed by atoms with Gasteiger partial charge in [-0.2, -0.15) is 0 Å². The van der Waals surface area contributed by atoms with Gasteiger partial charge in [0.15, 0.2) is 0 Å². The van der Waals surface area contributed by atoms with Crippen LogP contribution in [0.2, 0.25) is 0 Å². The topological polar surface area (TPSA) is 61.8 Å². The lowest BCUT2D eigenvalue weighted by molar-refractivity contribution is 0.313. The van der Waals surface area contributed by atoms with Gasteiger partial charge in [0.1, 0.15) is 5.84 Å². The Morgan fingerprint density at radius 2 is 2.00 bits per heavy atom. The number of oxime groups is 1. The molecular weight excluding hydrogens is 214 g/mol. The van der Waals surface area contributed by atoms with Crippen molar-refractivity contribution < 1.29 is 5.21 Å². The second-order valence-corrected chi connectivity index (χ2v) is 4.23. The highest BCUT2D eigenvalue weighted by Crippen LogP contribution is 2.01. The minimum absolute atomic E-state index is 0.307. The van der Waals surface area contributed by atoms with E-state index in [1.807, 2.05) is 6.07 Å². The molecular formula is C13H21N3O. The summed E-state index contributed by atoms with van der Waals surface area (Å²) in [4.78, 5) is 2.26. The zero-order chi connectivity index (χ0) is 12.5. The molecule has 0 unspecified atom stereocenters. The lowest BCUT2D eigenvalue weighted by atomic mass is 10.1. The van der Waals surface area contributed by atoms with Crippen LogP contribution < -0.4 is 5.73 Å². The van der Waals surface area contributed by atoms with Crippen LogP contribution >= 0.6 is 0 Å². The van der Waals surface area contributed by atoms with Crippen molar-refractivity contribution in [2.24, 2.45) is 10.9 Å². The Kier molecular flexibility index (Phi) is 6.10. The van der Waals surface area contributed by atoms with Crippen molar-refractivity contribution >= 4 is 5.84 Å². The van der Waals surface area contributed by atoms with E-state index in [9.17, 15) is 0 Å². The first-order valence-electron chi connectivity index (χ1n) is 5.91. The van der Waals surface area contributed by atoms with E-state index < -0.39 is 0 Å². The number of likely N-dealkylation sites (N-methyl/N-ethyl adjacent to an activating group) is 1. The van der Waals surface area contributed by atoms with Gasteiger partial charge < -0.3 is 15.8 Å². The second kappa shape index (κ2) is 7.68. The summed E-state index contributed by atoms with van der Waals surface area (Å²) in [6.45, 7) is 1.99. The van der Waals surface area contributed by atoms with Crippen molar-refractivity contribution in [2.75, 3.05) is 20.1 Å². The Morgan fingerprint density at radius 3 is 2.65 bits per heavy atom. The van der Waals surface area contributed by atoms with E-state index in [1.165, 1.54) is 5.56 Å². The van der Waals surface area contributed by atoms with Crippen LogP contribution in [-0.4, -0.2) is 36.1 Å². The quantitative estimate of drug-likeness (QED) is 0.327. The predicted molar refractivity (Wildman–Crippen MR) is 70.3 cm³/mol. The highest BCUT2D eigenvalue weighted by atomic mass is 16.4. The lowest BCUT2D eigenvalue weighted by Gasteiger charge is -2.16. The summed E-state index contributed by atoms with van der Waals surface area (Å²) in [7, 11) is 2.09. The number of nitrogens with two attached hydrogens (primary N) is 1. The monoisotopic (exact) mass is 235 g/mol. The Bertz CT molecular complexity index is 338. The van der Waals surface area contributed by atoms with E-state index in [4.69, 9.17) is 10.9 Å². The summed E-state index contributed by atoms with van der Waals surface area (Å²) in [6, 6.07) is 10.4. The van der Waals surface area contributed by atoms with Crippen LogP contribution in [0.4, 0.5) is 0 Å². The maximum Gasteiger partial charge on any atom is 0.139 e. The molecule has 4 heteroatoms. The van der Waals surface area contributed by atoms with Gasteiger partial charge in [0.2, 0.25) is 0 Å². The number of hydrogen-bond acceptors (Lipinski definition) is 3. The molecule has 0 radical (unpaired) electrons. The summed E-state index contributed by atoms with van der Waals surface area (Å²) in [5, 5.41) is 11.4. The van der Waals surface area contributed by atoms with Gasteiger partial charge in [0.25, 0.3) is 0 Å². The molecule has 0 aliphatic carbocycles. The number of nitrogens with zero attached hydrogens (tertiary/aromatic N) is 2. The second-order valence-electron chi connectivity index (χ2n) is 4.23. The van der Waals surface area contributed by atoms with Crippen LogP contribution in [0.25, 0.3) is 0 Å². The Hall–Kier alpha value is -1.55.